The number of nitrogens with one attached hydrogen (secondary N) is 1. The van der Waals surface area contributed by atoms with Crippen molar-refractivity contribution in [2.75, 3.05) is 0 Å². The number of nitrogens with zero attached hydrogens (tertiary/aromatic N) is 6. The van der Waals surface area contributed by atoms with E-state index < -0.39 is 5.72 Å². The van der Waals surface area contributed by atoms with Crippen molar-refractivity contribution in [2.45, 2.75) is 39.3 Å². The number of amidine groups is 1. The Hall–Kier alpha value is -4.38. The van der Waals surface area contributed by atoms with Gasteiger partial charge >= 0.3 is 0 Å². The zero-order valence-electron chi connectivity index (χ0n) is 19.9. The molecular formula is C27H25N7O. The standard InChI is InChI=1S/C27H25N7O/c1-5-18-11-12-21-23(14-18)34-22(20(30-32-34)13-19-9-7-6-8-10-19)15-24-25(28-16-33(21)24)27(4)29-26(17(2)3)31-35-27/h1,6-12,14,16-17H,13,15H2,2-4H3,(H,29,31). The SMILES string of the molecule is C#Cc1ccc2c(c1)-n1nnc(Cc3ccccc3)c1Cc1c(C3(C)NC(C(C)C)=NO3)ncn1-2. The van der Waals surface area contributed by atoms with Crippen molar-refractivity contribution in [1.29, 1.82) is 0 Å². The first-order valence-corrected chi connectivity index (χ1v) is 11.7. The van der Waals surface area contributed by atoms with Crippen molar-refractivity contribution in [3.05, 3.63) is 88.8 Å². The van der Waals surface area contributed by atoms with Crippen LogP contribution in [0, 0.1) is 18.3 Å². The molecule has 4 aromatic rings. The lowest BCUT2D eigenvalue weighted by atomic mass is 10.0. The quantitative estimate of drug-likeness (QED) is 0.411. The highest BCUT2D eigenvalue weighted by Gasteiger charge is 2.42. The van der Waals surface area contributed by atoms with Gasteiger partial charge in [-0.05, 0) is 23.8 Å². The minimum atomic E-state index is -0.874. The van der Waals surface area contributed by atoms with Crippen molar-refractivity contribution in [1.82, 2.24) is 29.9 Å². The number of hydrogen-bond acceptors (Lipinski definition) is 6. The van der Waals surface area contributed by atoms with Gasteiger partial charge in [-0.1, -0.05) is 60.5 Å². The molecular weight excluding hydrogens is 438 g/mol. The van der Waals surface area contributed by atoms with Crippen LogP contribution in [0.15, 0.2) is 60.0 Å². The summed E-state index contributed by atoms with van der Waals surface area (Å²) in [7, 11) is 0. The molecule has 4 heterocycles. The van der Waals surface area contributed by atoms with E-state index in [1.807, 2.05) is 54.3 Å². The van der Waals surface area contributed by atoms with Gasteiger partial charge in [-0.2, -0.15) is 0 Å². The number of terminal acetylenes is 1. The van der Waals surface area contributed by atoms with Gasteiger partial charge in [0.2, 0.25) is 5.72 Å². The van der Waals surface area contributed by atoms with Crippen LogP contribution in [-0.2, 0) is 23.4 Å². The van der Waals surface area contributed by atoms with Crippen LogP contribution in [0.25, 0.3) is 11.4 Å². The number of rotatable bonds is 4. The Morgan fingerprint density at radius 3 is 2.71 bits per heavy atom. The lowest BCUT2D eigenvalue weighted by Gasteiger charge is -2.23. The van der Waals surface area contributed by atoms with E-state index in [-0.39, 0.29) is 5.92 Å². The first kappa shape index (κ1) is 21.2. The molecule has 8 nitrogen and oxygen atoms in total. The molecule has 174 valence electrons. The van der Waals surface area contributed by atoms with Gasteiger partial charge in [0.25, 0.3) is 0 Å². The monoisotopic (exact) mass is 463 g/mol. The minimum Gasteiger partial charge on any atom is -0.359 e. The predicted octanol–water partition coefficient (Wildman–Crippen LogP) is 3.69. The van der Waals surface area contributed by atoms with Crippen LogP contribution in [0.2, 0.25) is 0 Å². The first-order valence-electron chi connectivity index (χ1n) is 11.7. The van der Waals surface area contributed by atoms with Crippen molar-refractivity contribution < 1.29 is 4.84 Å². The molecule has 1 N–H and O–H groups in total. The summed E-state index contributed by atoms with van der Waals surface area (Å²) >= 11 is 0. The predicted molar refractivity (Wildman–Crippen MR) is 132 cm³/mol. The van der Waals surface area contributed by atoms with E-state index in [1.165, 1.54) is 5.56 Å². The van der Waals surface area contributed by atoms with Crippen LogP contribution in [0.5, 0.6) is 0 Å². The number of benzene rings is 2. The molecule has 1 atom stereocenters. The van der Waals surface area contributed by atoms with Gasteiger partial charge in [0.1, 0.15) is 17.9 Å². The van der Waals surface area contributed by atoms with Crippen LogP contribution in [0.3, 0.4) is 0 Å². The van der Waals surface area contributed by atoms with Gasteiger partial charge < -0.3 is 14.7 Å². The highest BCUT2D eigenvalue weighted by Crippen LogP contribution is 2.36. The topological polar surface area (TPSA) is 82.2 Å². The van der Waals surface area contributed by atoms with Crippen molar-refractivity contribution in [3.63, 3.8) is 0 Å². The molecule has 8 heteroatoms. The van der Waals surface area contributed by atoms with E-state index in [4.69, 9.17) is 16.2 Å². The third kappa shape index (κ3) is 3.39. The zero-order chi connectivity index (χ0) is 24.2. The summed E-state index contributed by atoms with van der Waals surface area (Å²) in [6.07, 6.45) is 8.82. The maximum atomic E-state index is 5.92. The molecule has 2 aromatic carbocycles. The Bertz CT molecular complexity index is 1510. The molecule has 0 bridgehead atoms. The molecule has 0 saturated heterocycles. The third-order valence-electron chi connectivity index (χ3n) is 6.58. The van der Waals surface area contributed by atoms with E-state index in [0.717, 1.165) is 45.5 Å². The Morgan fingerprint density at radius 1 is 1.14 bits per heavy atom. The number of fused-ring (bicyclic) bond motifs is 5. The normalized spacial score (nSPS) is 18.0. The van der Waals surface area contributed by atoms with Crippen molar-refractivity contribution >= 4 is 5.84 Å². The molecule has 0 spiro atoms. The molecule has 0 saturated carbocycles. The maximum absolute atomic E-state index is 5.92. The van der Waals surface area contributed by atoms with Crippen LogP contribution in [0.1, 0.15) is 54.7 Å². The average molecular weight is 464 g/mol. The van der Waals surface area contributed by atoms with Crippen molar-refractivity contribution in [3.8, 4) is 23.7 Å². The molecule has 6 rings (SSSR count). The summed E-state index contributed by atoms with van der Waals surface area (Å²) in [4.78, 5) is 10.7. The van der Waals surface area contributed by atoms with Crippen LogP contribution >= 0.6 is 0 Å². The van der Waals surface area contributed by atoms with Crippen LogP contribution in [-0.4, -0.2) is 30.4 Å². The molecule has 2 aliphatic heterocycles. The number of imidazole rings is 1. The first-order chi connectivity index (χ1) is 17.0. The molecule has 0 radical (unpaired) electrons. The molecule has 0 amide bonds. The fourth-order valence-corrected chi connectivity index (χ4v) is 4.71. The summed E-state index contributed by atoms with van der Waals surface area (Å²) in [5.41, 5.74) is 6.56. The van der Waals surface area contributed by atoms with Gasteiger partial charge in [-0.25, -0.2) is 9.67 Å². The third-order valence-corrected chi connectivity index (χ3v) is 6.58. The highest BCUT2D eigenvalue weighted by molar-refractivity contribution is 5.85. The van der Waals surface area contributed by atoms with Crippen molar-refractivity contribution in [2.24, 2.45) is 11.1 Å². The van der Waals surface area contributed by atoms with Gasteiger partial charge in [-0.3, -0.25) is 0 Å². The van der Waals surface area contributed by atoms with E-state index in [1.54, 1.807) is 0 Å². The van der Waals surface area contributed by atoms with E-state index in [0.29, 0.717) is 12.8 Å². The van der Waals surface area contributed by atoms with Crippen LogP contribution < -0.4 is 5.32 Å². The smallest absolute Gasteiger partial charge is 0.250 e. The summed E-state index contributed by atoms with van der Waals surface area (Å²) in [6, 6.07) is 16.2. The summed E-state index contributed by atoms with van der Waals surface area (Å²) in [5.74, 6) is 3.75. The largest absolute Gasteiger partial charge is 0.359 e. The Balaban J connectivity index is 1.52. The average Bonchev–Trinajstić information content (AvgIpc) is 3.56. The van der Waals surface area contributed by atoms with Gasteiger partial charge in [-0.15, -0.1) is 11.5 Å². The Kier molecular flexibility index (Phi) is 4.74. The van der Waals surface area contributed by atoms with Gasteiger partial charge in [0.15, 0.2) is 0 Å². The highest BCUT2D eigenvalue weighted by atomic mass is 16.7. The zero-order valence-corrected chi connectivity index (χ0v) is 19.9. The second-order valence-electron chi connectivity index (χ2n) is 9.37. The number of aromatic nitrogens is 5. The van der Waals surface area contributed by atoms with E-state index in [9.17, 15) is 0 Å². The van der Waals surface area contributed by atoms with Crippen LogP contribution in [0.4, 0.5) is 0 Å². The second kappa shape index (κ2) is 7.84. The molecule has 1 unspecified atom stereocenters. The fourth-order valence-electron chi connectivity index (χ4n) is 4.71. The molecule has 0 fully saturated rings. The fraction of sp³-hybridized carbons (Fsp3) is 0.259. The van der Waals surface area contributed by atoms with E-state index >= 15 is 0 Å². The number of oxime groups is 1. The Morgan fingerprint density at radius 2 is 1.97 bits per heavy atom. The second-order valence-corrected chi connectivity index (χ2v) is 9.37. The summed E-state index contributed by atoms with van der Waals surface area (Å²) in [5, 5.41) is 16.9. The van der Waals surface area contributed by atoms with Gasteiger partial charge in [0.05, 0.1) is 28.5 Å². The lowest BCUT2D eigenvalue weighted by Crippen LogP contribution is -2.42. The molecule has 0 aliphatic carbocycles. The molecule has 2 aliphatic rings. The molecule has 2 aromatic heterocycles. The lowest BCUT2D eigenvalue weighted by molar-refractivity contribution is -0.0265. The van der Waals surface area contributed by atoms with Gasteiger partial charge in [0, 0.05) is 31.2 Å². The van der Waals surface area contributed by atoms with E-state index in [2.05, 4.69) is 57.3 Å². The summed E-state index contributed by atoms with van der Waals surface area (Å²) < 4.78 is 4.00. The molecule has 35 heavy (non-hydrogen) atoms. The maximum Gasteiger partial charge on any atom is 0.250 e. The summed E-state index contributed by atoms with van der Waals surface area (Å²) in [6.45, 7) is 6.12. The number of hydrogen-bond donors (Lipinski definition) is 1. The Labute approximate surface area is 203 Å². The minimum absolute atomic E-state index is 0.212.